The van der Waals surface area contributed by atoms with Crippen molar-refractivity contribution in [2.45, 2.75) is 44.7 Å². The number of carbonyl (C=O) groups excluding carboxylic acids is 2. The van der Waals surface area contributed by atoms with Gasteiger partial charge in [0, 0.05) is 17.5 Å². The van der Waals surface area contributed by atoms with Crippen LogP contribution in [0.15, 0.2) is 54.6 Å². The average molecular weight is 377 g/mol. The quantitative estimate of drug-likeness (QED) is 0.778. The van der Waals surface area contributed by atoms with Crippen molar-refractivity contribution in [2.75, 3.05) is 13.1 Å². The molecule has 28 heavy (non-hydrogen) atoms. The number of aryl methyl sites for hydroxylation is 1. The van der Waals surface area contributed by atoms with Gasteiger partial charge in [0.05, 0.1) is 0 Å². The molecule has 4 rings (SSSR count). The summed E-state index contributed by atoms with van der Waals surface area (Å²) in [5.74, 6) is 0.372. The molecule has 4 heteroatoms. The van der Waals surface area contributed by atoms with E-state index >= 15 is 0 Å². The Bertz CT molecular complexity index is 819. The molecule has 2 aliphatic rings. The summed E-state index contributed by atoms with van der Waals surface area (Å²) in [6.07, 6.45) is 3.76. The van der Waals surface area contributed by atoms with Gasteiger partial charge in [0.15, 0.2) is 5.78 Å². The molecule has 1 heterocycles. The zero-order valence-electron chi connectivity index (χ0n) is 16.4. The lowest BCUT2D eigenvalue weighted by Crippen LogP contribution is -2.45. The van der Waals surface area contributed by atoms with Crippen molar-refractivity contribution >= 4 is 11.7 Å². The third-order valence-electron chi connectivity index (χ3n) is 5.89. The van der Waals surface area contributed by atoms with E-state index in [0.29, 0.717) is 6.04 Å². The van der Waals surface area contributed by atoms with Crippen LogP contribution < -0.4 is 5.32 Å². The minimum atomic E-state index is -0.266. The predicted octanol–water partition coefficient (Wildman–Crippen LogP) is 3.91. The van der Waals surface area contributed by atoms with Crippen molar-refractivity contribution in [3.05, 3.63) is 71.3 Å². The summed E-state index contributed by atoms with van der Waals surface area (Å²) in [6.45, 7) is 3.56. The van der Waals surface area contributed by atoms with Crippen molar-refractivity contribution in [3.63, 3.8) is 0 Å². The van der Waals surface area contributed by atoms with E-state index in [2.05, 4.69) is 10.2 Å². The summed E-state index contributed by atoms with van der Waals surface area (Å²) in [5.41, 5.74) is 3.00. The summed E-state index contributed by atoms with van der Waals surface area (Å²) >= 11 is 0. The van der Waals surface area contributed by atoms with E-state index in [1.165, 1.54) is 5.56 Å². The minimum absolute atomic E-state index is 0.0434. The van der Waals surface area contributed by atoms with E-state index in [-0.39, 0.29) is 23.7 Å². The normalized spacial score (nSPS) is 19.2. The van der Waals surface area contributed by atoms with Crippen LogP contribution in [0.2, 0.25) is 0 Å². The van der Waals surface area contributed by atoms with Gasteiger partial charge in [-0.2, -0.15) is 0 Å². The molecular weight excluding hydrogens is 348 g/mol. The molecule has 2 fully saturated rings. The summed E-state index contributed by atoms with van der Waals surface area (Å²) < 4.78 is 0. The Hall–Kier alpha value is -2.46. The Kier molecular flexibility index (Phi) is 5.58. The average Bonchev–Trinajstić information content (AvgIpc) is 3.53. The lowest BCUT2D eigenvalue weighted by atomic mass is 9.87. The maximum atomic E-state index is 12.9. The molecule has 1 saturated carbocycles. The number of hydrogen-bond donors (Lipinski definition) is 1. The van der Waals surface area contributed by atoms with Crippen LogP contribution in [-0.4, -0.2) is 35.7 Å². The standard InChI is InChI=1S/C24H28N2O2/c1-17-7-9-19(10-8-17)23(27)20-13-15-26(16-14-20)22(18-5-3-2-4-6-18)24(28)25-21-11-12-21/h2-10,20-22H,11-16H2,1H3,(H,25,28). The Morgan fingerprint density at radius 1 is 0.929 bits per heavy atom. The molecule has 1 atom stereocenters. The van der Waals surface area contributed by atoms with Crippen LogP contribution in [0.3, 0.4) is 0 Å². The number of piperidine rings is 1. The molecule has 0 bridgehead atoms. The number of Topliss-reactive ketones (excluding diaryl/α,β-unsaturated/α-hetero) is 1. The maximum Gasteiger partial charge on any atom is 0.242 e. The number of benzene rings is 2. The lowest BCUT2D eigenvalue weighted by molar-refractivity contribution is -0.127. The van der Waals surface area contributed by atoms with Crippen LogP contribution in [0.5, 0.6) is 0 Å². The monoisotopic (exact) mass is 376 g/mol. The van der Waals surface area contributed by atoms with Gasteiger partial charge in [-0.15, -0.1) is 0 Å². The SMILES string of the molecule is Cc1ccc(C(=O)C2CCN(C(C(=O)NC3CC3)c3ccccc3)CC2)cc1. The highest BCUT2D eigenvalue weighted by Crippen LogP contribution is 2.30. The van der Waals surface area contributed by atoms with Gasteiger partial charge in [-0.25, -0.2) is 0 Å². The van der Waals surface area contributed by atoms with Gasteiger partial charge >= 0.3 is 0 Å². The van der Waals surface area contributed by atoms with Gasteiger partial charge in [0.25, 0.3) is 0 Å². The Labute approximate surface area is 166 Å². The first-order valence-electron chi connectivity index (χ1n) is 10.3. The third-order valence-corrected chi connectivity index (χ3v) is 5.89. The first-order chi connectivity index (χ1) is 13.6. The second-order valence-corrected chi connectivity index (χ2v) is 8.14. The molecule has 4 nitrogen and oxygen atoms in total. The molecule has 1 unspecified atom stereocenters. The fourth-order valence-corrected chi connectivity index (χ4v) is 4.04. The molecular formula is C24H28N2O2. The van der Waals surface area contributed by atoms with E-state index in [9.17, 15) is 9.59 Å². The Morgan fingerprint density at radius 3 is 2.18 bits per heavy atom. The summed E-state index contributed by atoms with van der Waals surface area (Å²) in [6, 6.07) is 17.9. The van der Waals surface area contributed by atoms with Crippen LogP contribution in [0.1, 0.15) is 53.2 Å². The smallest absolute Gasteiger partial charge is 0.242 e. The maximum absolute atomic E-state index is 12.9. The molecule has 1 N–H and O–H groups in total. The van der Waals surface area contributed by atoms with Crippen molar-refractivity contribution in [1.29, 1.82) is 0 Å². The van der Waals surface area contributed by atoms with Gasteiger partial charge < -0.3 is 5.32 Å². The minimum Gasteiger partial charge on any atom is -0.352 e. The number of likely N-dealkylation sites (tertiary alicyclic amines) is 1. The first-order valence-corrected chi connectivity index (χ1v) is 10.3. The highest BCUT2D eigenvalue weighted by atomic mass is 16.2. The number of nitrogens with one attached hydrogen (secondary N) is 1. The van der Waals surface area contributed by atoms with Crippen LogP contribution in [0.4, 0.5) is 0 Å². The Balaban J connectivity index is 1.44. The van der Waals surface area contributed by atoms with Crippen molar-refractivity contribution in [2.24, 2.45) is 5.92 Å². The van der Waals surface area contributed by atoms with Crippen LogP contribution >= 0.6 is 0 Å². The van der Waals surface area contributed by atoms with Crippen LogP contribution in [0, 0.1) is 12.8 Å². The van der Waals surface area contributed by atoms with E-state index in [1.807, 2.05) is 61.5 Å². The van der Waals surface area contributed by atoms with Gasteiger partial charge in [0.1, 0.15) is 6.04 Å². The van der Waals surface area contributed by atoms with Gasteiger partial charge in [-0.1, -0.05) is 60.2 Å². The molecule has 1 amide bonds. The van der Waals surface area contributed by atoms with E-state index < -0.39 is 0 Å². The molecule has 0 radical (unpaired) electrons. The second kappa shape index (κ2) is 8.27. The lowest BCUT2D eigenvalue weighted by Gasteiger charge is -2.36. The molecule has 0 aromatic heterocycles. The number of nitrogens with zero attached hydrogens (tertiary/aromatic N) is 1. The molecule has 0 spiro atoms. The highest BCUT2D eigenvalue weighted by Gasteiger charge is 2.35. The fraction of sp³-hybridized carbons (Fsp3) is 0.417. The molecule has 2 aromatic rings. The highest BCUT2D eigenvalue weighted by molar-refractivity contribution is 5.98. The summed E-state index contributed by atoms with van der Waals surface area (Å²) in [4.78, 5) is 28.0. The number of ketones is 1. The van der Waals surface area contributed by atoms with Crippen LogP contribution in [0.25, 0.3) is 0 Å². The second-order valence-electron chi connectivity index (χ2n) is 8.14. The first kappa shape index (κ1) is 18.9. The van der Waals surface area contributed by atoms with Gasteiger partial charge in [-0.05, 0) is 51.3 Å². The number of hydrogen-bond acceptors (Lipinski definition) is 3. The Morgan fingerprint density at radius 2 is 1.57 bits per heavy atom. The van der Waals surface area contributed by atoms with Crippen molar-refractivity contribution < 1.29 is 9.59 Å². The molecule has 2 aromatic carbocycles. The van der Waals surface area contributed by atoms with Gasteiger partial charge in [-0.3, -0.25) is 14.5 Å². The van der Waals surface area contributed by atoms with E-state index in [0.717, 1.165) is 49.9 Å². The number of rotatable bonds is 6. The topological polar surface area (TPSA) is 49.4 Å². The zero-order valence-corrected chi connectivity index (χ0v) is 16.4. The molecule has 1 aliphatic carbocycles. The van der Waals surface area contributed by atoms with Crippen LogP contribution in [-0.2, 0) is 4.79 Å². The molecule has 146 valence electrons. The largest absolute Gasteiger partial charge is 0.352 e. The van der Waals surface area contributed by atoms with E-state index in [1.54, 1.807) is 0 Å². The molecule has 1 aliphatic heterocycles. The van der Waals surface area contributed by atoms with Gasteiger partial charge in [0.2, 0.25) is 5.91 Å². The number of amides is 1. The fourth-order valence-electron chi connectivity index (χ4n) is 4.04. The number of carbonyl (C=O) groups is 2. The van der Waals surface area contributed by atoms with Crippen molar-refractivity contribution in [1.82, 2.24) is 10.2 Å². The molecule has 1 saturated heterocycles. The third kappa shape index (κ3) is 4.33. The predicted molar refractivity (Wildman–Crippen MR) is 110 cm³/mol. The zero-order chi connectivity index (χ0) is 19.5. The van der Waals surface area contributed by atoms with Crippen molar-refractivity contribution in [3.8, 4) is 0 Å². The summed E-state index contributed by atoms with van der Waals surface area (Å²) in [7, 11) is 0. The summed E-state index contributed by atoms with van der Waals surface area (Å²) in [5, 5.41) is 3.17. The van der Waals surface area contributed by atoms with E-state index in [4.69, 9.17) is 0 Å².